The summed E-state index contributed by atoms with van der Waals surface area (Å²) in [6.45, 7) is 3.66. The summed E-state index contributed by atoms with van der Waals surface area (Å²) in [5, 5.41) is 11.0. The van der Waals surface area contributed by atoms with Crippen LogP contribution in [0, 0.1) is 0 Å². The van der Waals surface area contributed by atoms with Gasteiger partial charge in [0.25, 0.3) is 0 Å². The van der Waals surface area contributed by atoms with Crippen LogP contribution in [0.5, 0.6) is 0 Å². The van der Waals surface area contributed by atoms with Crippen molar-refractivity contribution in [3.8, 4) is 11.3 Å². The number of nitrogens with one attached hydrogen (secondary N) is 2. The summed E-state index contributed by atoms with van der Waals surface area (Å²) in [5.41, 5.74) is 2.52. The molecule has 3 aromatic heterocycles. The first-order valence-corrected chi connectivity index (χ1v) is 9.12. The Morgan fingerprint density at radius 1 is 1.15 bits per heavy atom. The zero-order chi connectivity index (χ0) is 18.8. The van der Waals surface area contributed by atoms with E-state index >= 15 is 0 Å². The van der Waals surface area contributed by atoms with Crippen molar-refractivity contribution >= 4 is 23.2 Å². The number of hydrogen-bond acceptors (Lipinski definition) is 6. The second-order valence-corrected chi connectivity index (χ2v) is 6.96. The van der Waals surface area contributed by atoms with Gasteiger partial charge in [0.2, 0.25) is 5.91 Å². The van der Waals surface area contributed by atoms with E-state index in [-0.39, 0.29) is 5.91 Å². The molecule has 0 unspecified atom stereocenters. The molecule has 8 heteroatoms. The number of hydrogen-bond donors (Lipinski definition) is 2. The number of anilines is 2. The van der Waals surface area contributed by atoms with Crippen LogP contribution in [0.25, 0.3) is 16.9 Å². The quantitative estimate of drug-likeness (QED) is 0.737. The molecule has 3 aromatic rings. The minimum absolute atomic E-state index is 0.152. The Morgan fingerprint density at radius 2 is 1.96 bits per heavy atom. The normalized spacial score (nSPS) is 15.8. The van der Waals surface area contributed by atoms with E-state index in [1.165, 1.54) is 6.92 Å². The highest BCUT2D eigenvalue weighted by Crippen LogP contribution is 2.23. The smallest absolute Gasteiger partial charge is 0.222 e. The number of fused-ring (bicyclic) bond motifs is 1. The molecule has 4 heterocycles. The van der Waals surface area contributed by atoms with Crippen molar-refractivity contribution in [2.45, 2.75) is 25.8 Å². The first-order valence-electron chi connectivity index (χ1n) is 9.12. The number of rotatable bonds is 4. The molecule has 0 spiro atoms. The van der Waals surface area contributed by atoms with Gasteiger partial charge in [-0.2, -0.15) is 0 Å². The van der Waals surface area contributed by atoms with Crippen LogP contribution < -0.4 is 10.6 Å². The lowest BCUT2D eigenvalue weighted by Gasteiger charge is -2.29. The largest absolute Gasteiger partial charge is 0.366 e. The SMILES string of the molecule is CC(=O)Nc1cc(-c2cnc3ccc(NC4CCN(C)CC4)nn23)ccn1. The first-order chi connectivity index (χ1) is 13.1. The van der Waals surface area contributed by atoms with E-state index < -0.39 is 0 Å². The topological polar surface area (TPSA) is 87.5 Å². The van der Waals surface area contributed by atoms with E-state index in [4.69, 9.17) is 5.10 Å². The summed E-state index contributed by atoms with van der Waals surface area (Å²) in [5.74, 6) is 1.20. The fraction of sp³-hybridized carbons (Fsp3) is 0.368. The Bertz CT molecular complexity index is 960. The molecule has 8 nitrogen and oxygen atoms in total. The van der Waals surface area contributed by atoms with Crippen molar-refractivity contribution in [2.75, 3.05) is 30.8 Å². The van der Waals surface area contributed by atoms with Crippen molar-refractivity contribution < 1.29 is 4.79 Å². The molecule has 1 aliphatic rings. The minimum Gasteiger partial charge on any atom is -0.366 e. The Morgan fingerprint density at radius 3 is 2.74 bits per heavy atom. The van der Waals surface area contributed by atoms with Crippen LogP contribution in [0.15, 0.2) is 36.7 Å². The molecule has 0 radical (unpaired) electrons. The lowest BCUT2D eigenvalue weighted by Crippen LogP contribution is -2.36. The van der Waals surface area contributed by atoms with Crippen molar-refractivity contribution in [3.63, 3.8) is 0 Å². The van der Waals surface area contributed by atoms with Crippen LogP contribution in [0.2, 0.25) is 0 Å². The highest BCUT2D eigenvalue weighted by atomic mass is 16.1. The van der Waals surface area contributed by atoms with Gasteiger partial charge in [-0.3, -0.25) is 4.79 Å². The maximum atomic E-state index is 11.3. The molecule has 1 saturated heterocycles. The van der Waals surface area contributed by atoms with Crippen molar-refractivity contribution in [3.05, 3.63) is 36.7 Å². The second-order valence-electron chi connectivity index (χ2n) is 6.96. The van der Waals surface area contributed by atoms with Crippen LogP contribution in [-0.4, -0.2) is 56.6 Å². The van der Waals surface area contributed by atoms with E-state index in [1.54, 1.807) is 12.4 Å². The monoisotopic (exact) mass is 365 g/mol. The van der Waals surface area contributed by atoms with Gasteiger partial charge in [0.05, 0.1) is 11.9 Å². The Labute approximate surface area is 157 Å². The molecule has 140 valence electrons. The number of imidazole rings is 1. The number of amides is 1. The number of carbonyl (C=O) groups is 1. The summed E-state index contributed by atoms with van der Waals surface area (Å²) in [6, 6.07) is 8.08. The average molecular weight is 365 g/mol. The molecule has 2 N–H and O–H groups in total. The number of carbonyl (C=O) groups excluding carboxylic acids is 1. The van der Waals surface area contributed by atoms with Crippen LogP contribution in [0.3, 0.4) is 0 Å². The van der Waals surface area contributed by atoms with Gasteiger partial charge in [-0.1, -0.05) is 0 Å². The standard InChI is InChI=1S/C19H23N7O/c1-13(27)22-18-11-14(5-8-20-18)16-12-21-19-4-3-17(24-26(16)19)23-15-6-9-25(2)10-7-15/h3-5,8,11-12,15H,6-7,9-10H2,1-2H3,(H,23,24)(H,20,22,27). The van der Waals surface area contributed by atoms with Gasteiger partial charge in [-0.25, -0.2) is 14.5 Å². The molecule has 4 rings (SSSR count). The Balaban J connectivity index is 1.61. The number of piperidine rings is 1. The van der Waals surface area contributed by atoms with E-state index in [2.05, 4.69) is 32.5 Å². The summed E-state index contributed by atoms with van der Waals surface area (Å²) in [4.78, 5) is 22.2. The van der Waals surface area contributed by atoms with Gasteiger partial charge >= 0.3 is 0 Å². The molecule has 1 fully saturated rings. The Hall–Kier alpha value is -3.00. The number of aromatic nitrogens is 4. The van der Waals surface area contributed by atoms with Crippen LogP contribution >= 0.6 is 0 Å². The summed E-state index contributed by atoms with van der Waals surface area (Å²) in [6.07, 6.45) is 5.67. The molecule has 0 atom stereocenters. The van der Waals surface area contributed by atoms with Crippen molar-refractivity contribution in [2.24, 2.45) is 0 Å². The van der Waals surface area contributed by atoms with Crippen LogP contribution in [-0.2, 0) is 4.79 Å². The molecule has 0 bridgehead atoms. The third-order valence-corrected chi connectivity index (χ3v) is 4.79. The molecule has 0 aliphatic carbocycles. The number of likely N-dealkylation sites (tertiary alicyclic amines) is 1. The third-order valence-electron chi connectivity index (χ3n) is 4.79. The van der Waals surface area contributed by atoms with Crippen LogP contribution in [0.4, 0.5) is 11.6 Å². The molecule has 1 aliphatic heterocycles. The Kier molecular flexibility index (Phi) is 4.72. The number of pyridine rings is 1. The zero-order valence-corrected chi connectivity index (χ0v) is 15.5. The highest BCUT2D eigenvalue weighted by molar-refractivity contribution is 5.88. The lowest BCUT2D eigenvalue weighted by atomic mass is 10.1. The van der Waals surface area contributed by atoms with E-state index in [0.717, 1.165) is 48.7 Å². The molecule has 27 heavy (non-hydrogen) atoms. The minimum atomic E-state index is -0.152. The van der Waals surface area contributed by atoms with Crippen LogP contribution in [0.1, 0.15) is 19.8 Å². The predicted octanol–water partition coefficient (Wildman–Crippen LogP) is 2.26. The van der Waals surface area contributed by atoms with E-state index in [1.807, 2.05) is 28.8 Å². The average Bonchev–Trinajstić information content (AvgIpc) is 3.06. The molecule has 1 amide bonds. The van der Waals surface area contributed by atoms with E-state index in [0.29, 0.717) is 11.9 Å². The van der Waals surface area contributed by atoms with Gasteiger partial charge < -0.3 is 15.5 Å². The highest BCUT2D eigenvalue weighted by Gasteiger charge is 2.17. The van der Waals surface area contributed by atoms with Crippen molar-refractivity contribution in [1.82, 2.24) is 24.5 Å². The third kappa shape index (κ3) is 3.90. The van der Waals surface area contributed by atoms with Gasteiger partial charge in [-0.05, 0) is 57.2 Å². The molecule has 0 aromatic carbocycles. The molecular formula is C19H23N7O. The maximum Gasteiger partial charge on any atom is 0.222 e. The van der Waals surface area contributed by atoms with Gasteiger partial charge in [0.1, 0.15) is 11.6 Å². The molecular weight excluding hydrogens is 342 g/mol. The fourth-order valence-corrected chi connectivity index (χ4v) is 3.35. The lowest BCUT2D eigenvalue weighted by molar-refractivity contribution is -0.114. The fourth-order valence-electron chi connectivity index (χ4n) is 3.35. The summed E-state index contributed by atoms with van der Waals surface area (Å²) in [7, 11) is 2.15. The zero-order valence-electron chi connectivity index (χ0n) is 15.5. The number of nitrogens with zero attached hydrogens (tertiary/aromatic N) is 5. The van der Waals surface area contributed by atoms with Gasteiger partial charge in [0.15, 0.2) is 5.65 Å². The van der Waals surface area contributed by atoms with Gasteiger partial charge in [-0.15, -0.1) is 5.10 Å². The molecule has 0 saturated carbocycles. The van der Waals surface area contributed by atoms with E-state index in [9.17, 15) is 4.79 Å². The predicted molar refractivity (Wildman–Crippen MR) is 105 cm³/mol. The summed E-state index contributed by atoms with van der Waals surface area (Å²) >= 11 is 0. The first kappa shape index (κ1) is 17.4. The van der Waals surface area contributed by atoms with Gasteiger partial charge in [0, 0.05) is 24.7 Å². The summed E-state index contributed by atoms with van der Waals surface area (Å²) < 4.78 is 1.82. The maximum absolute atomic E-state index is 11.3. The van der Waals surface area contributed by atoms with Crippen molar-refractivity contribution in [1.29, 1.82) is 0 Å². The second kappa shape index (κ2) is 7.32.